The summed E-state index contributed by atoms with van der Waals surface area (Å²) in [4.78, 5) is 0. The van der Waals surface area contributed by atoms with Gasteiger partial charge in [0.2, 0.25) is 0 Å². The normalized spacial score (nSPS) is 12.6. The van der Waals surface area contributed by atoms with Crippen LogP contribution in [0.2, 0.25) is 0 Å². The van der Waals surface area contributed by atoms with Gasteiger partial charge in [-0.1, -0.05) is 34.1 Å². The zero-order chi connectivity index (χ0) is 12.1. The Balaban J connectivity index is 1.85. The van der Waals surface area contributed by atoms with Gasteiger partial charge in [0.15, 0.2) is 0 Å². The summed E-state index contributed by atoms with van der Waals surface area (Å²) in [6.45, 7) is 0. The zero-order valence-electron chi connectivity index (χ0n) is 9.60. The molecule has 1 aromatic heterocycles. The van der Waals surface area contributed by atoms with E-state index in [1.165, 1.54) is 11.1 Å². The van der Waals surface area contributed by atoms with E-state index >= 15 is 0 Å². The largest absolute Gasteiger partial charge is 0.327 e. The quantitative estimate of drug-likeness (QED) is 0.887. The Kier molecular flexibility index (Phi) is 4.77. The maximum Gasteiger partial charge on any atom is 0.0207 e. The van der Waals surface area contributed by atoms with E-state index in [-0.39, 0.29) is 6.04 Å². The number of hydrogen-bond acceptors (Lipinski definition) is 2. The Labute approximate surface area is 115 Å². The van der Waals surface area contributed by atoms with Gasteiger partial charge in [-0.2, -0.15) is 11.3 Å². The van der Waals surface area contributed by atoms with Crippen molar-refractivity contribution in [2.24, 2.45) is 5.73 Å². The van der Waals surface area contributed by atoms with E-state index in [1.54, 1.807) is 11.3 Å². The van der Waals surface area contributed by atoms with Gasteiger partial charge in [-0.25, -0.2) is 0 Å². The van der Waals surface area contributed by atoms with E-state index in [1.807, 2.05) is 6.07 Å². The van der Waals surface area contributed by atoms with Gasteiger partial charge in [0.25, 0.3) is 0 Å². The Morgan fingerprint density at radius 3 is 2.76 bits per heavy atom. The first-order chi connectivity index (χ1) is 8.25. The van der Waals surface area contributed by atoms with Crippen molar-refractivity contribution in [2.45, 2.75) is 25.3 Å². The number of halogens is 1. The molecule has 2 N–H and O–H groups in total. The second kappa shape index (κ2) is 6.34. The Bertz CT molecular complexity index is 453. The highest BCUT2D eigenvalue weighted by Crippen LogP contribution is 2.18. The van der Waals surface area contributed by atoms with E-state index in [4.69, 9.17) is 5.73 Å². The van der Waals surface area contributed by atoms with E-state index in [9.17, 15) is 0 Å². The lowest BCUT2D eigenvalue weighted by atomic mass is 10.0. The summed E-state index contributed by atoms with van der Waals surface area (Å²) in [5.41, 5.74) is 8.87. The third kappa shape index (κ3) is 3.95. The first kappa shape index (κ1) is 12.8. The Morgan fingerprint density at radius 1 is 1.24 bits per heavy atom. The van der Waals surface area contributed by atoms with Gasteiger partial charge >= 0.3 is 0 Å². The van der Waals surface area contributed by atoms with Gasteiger partial charge in [-0.05, 0) is 53.3 Å². The fourth-order valence-corrected chi connectivity index (χ4v) is 2.99. The average Bonchev–Trinajstić information content (AvgIpc) is 2.82. The fraction of sp³-hybridized carbons (Fsp3) is 0.286. The molecule has 0 aliphatic rings. The van der Waals surface area contributed by atoms with Crippen molar-refractivity contribution in [1.82, 2.24) is 0 Å². The zero-order valence-corrected chi connectivity index (χ0v) is 12.0. The second-order valence-electron chi connectivity index (χ2n) is 4.23. The Morgan fingerprint density at radius 2 is 2.06 bits per heavy atom. The predicted molar refractivity (Wildman–Crippen MR) is 78.5 cm³/mol. The Hall–Kier alpha value is -0.640. The molecular formula is C14H16BrNS. The van der Waals surface area contributed by atoms with Crippen LogP contribution in [0.15, 0.2) is 45.6 Å². The molecule has 2 aromatic rings. The van der Waals surface area contributed by atoms with Crippen LogP contribution in [-0.4, -0.2) is 6.04 Å². The van der Waals surface area contributed by atoms with Crippen molar-refractivity contribution in [2.75, 3.05) is 0 Å². The lowest BCUT2D eigenvalue weighted by Gasteiger charge is -2.12. The average molecular weight is 310 g/mol. The molecular weight excluding hydrogens is 294 g/mol. The molecule has 1 nitrogen and oxygen atoms in total. The third-order valence-electron chi connectivity index (χ3n) is 2.82. The highest BCUT2D eigenvalue weighted by Gasteiger charge is 2.07. The van der Waals surface area contributed by atoms with Gasteiger partial charge in [0, 0.05) is 10.5 Å². The van der Waals surface area contributed by atoms with Crippen LogP contribution in [0, 0.1) is 0 Å². The van der Waals surface area contributed by atoms with Gasteiger partial charge in [0.05, 0.1) is 0 Å². The van der Waals surface area contributed by atoms with E-state index < -0.39 is 0 Å². The lowest BCUT2D eigenvalue weighted by molar-refractivity contribution is 0.610. The lowest BCUT2D eigenvalue weighted by Crippen LogP contribution is -2.23. The van der Waals surface area contributed by atoms with Crippen LogP contribution in [-0.2, 0) is 12.8 Å². The van der Waals surface area contributed by atoms with Crippen molar-refractivity contribution in [3.8, 4) is 0 Å². The summed E-state index contributed by atoms with van der Waals surface area (Å²) in [5, 5.41) is 4.32. The maximum absolute atomic E-state index is 6.17. The number of nitrogens with two attached hydrogens (primary N) is 1. The predicted octanol–water partition coefficient (Wildman–Crippen LogP) is 4.01. The number of benzene rings is 1. The van der Waals surface area contributed by atoms with Crippen molar-refractivity contribution in [3.05, 3.63) is 56.7 Å². The second-order valence-corrected chi connectivity index (χ2v) is 5.86. The van der Waals surface area contributed by atoms with Crippen LogP contribution in [0.1, 0.15) is 17.5 Å². The molecule has 0 radical (unpaired) electrons. The number of thiophene rings is 1. The van der Waals surface area contributed by atoms with Crippen LogP contribution < -0.4 is 5.73 Å². The maximum atomic E-state index is 6.17. The molecule has 3 heteroatoms. The van der Waals surface area contributed by atoms with Crippen molar-refractivity contribution in [3.63, 3.8) is 0 Å². The van der Waals surface area contributed by atoms with Gasteiger partial charge < -0.3 is 5.73 Å². The van der Waals surface area contributed by atoms with Crippen molar-refractivity contribution >= 4 is 27.3 Å². The summed E-state index contributed by atoms with van der Waals surface area (Å²) >= 11 is 5.31. The molecule has 0 bridgehead atoms. The number of hydrogen-bond donors (Lipinski definition) is 1. The smallest absolute Gasteiger partial charge is 0.0207 e. The van der Waals surface area contributed by atoms with Crippen LogP contribution in [0.4, 0.5) is 0 Å². The highest BCUT2D eigenvalue weighted by atomic mass is 79.9. The minimum atomic E-state index is 0.230. The van der Waals surface area contributed by atoms with Crippen molar-refractivity contribution < 1.29 is 0 Å². The molecule has 0 aliphatic carbocycles. The summed E-state index contributed by atoms with van der Waals surface area (Å²) in [6.07, 6.45) is 3.05. The molecule has 2 rings (SSSR count). The van der Waals surface area contributed by atoms with E-state index in [2.05, 4.69) is 51.0 Å². The minimum Gasteiger partial charge on any atom is -0.327 e. The summed E-state index contributed by atoms with van der Waals surface area (Å²) in [5.74, 6) is 0. The molecule has 0 saturated carbocycles. The molecule has 1 atom stereocenters. The number of rotatable bonds is 5. The molecule has 0 saturated heterocycles. The molecule has 17 heavy (non-hydrogen) atoms. The van der Waals surface area contributed by atoms with Crippen LogP contribution in [0.3, 0.4) is 0 Å². The van der Waals surface area contributed by atoms with E-state index in [0.29, 0.717) is 0 Å². The summed E-state index contributed by atoms with van der Waals surface area (Å²) in [7, 11) is 0. The topological polar surface area (TPSA) is 26.0 Å². The summed E-state index contributed by atoms with van der Waals surface area (Å²) < 4.78 is 1.16. The molecule has 1 unspecified atom stereocenters. The molecule has 0 aliphatic heterocycles. The number of aryl methyl sites for hydroxylation is 1. The van der Waals surface area contributed by atoms with Crippen molar-refractivity contribution in [1.29, 1.82) is 0 Å². The standard InChI is InChI=1S/C14H16BrNS/c15-14-4-2-1-3-12(14)9-13(16)6-5-11-7-8-17-10-11/h1-4,7-8,10,13H,5-6,9,16H2. The minimum absolute atomic E-state index is 0.230. The monoisotopic (exact) mass is 309 g/mol. The third-order valence-corrected chi connectivity index (χ3v) is 4.33. The van der Waals surface area contributed by atoms with Gasteiger partial charge in [-0.3, -0.25) is 0 Å². The van der Waals surface area contributed by atoms with Gasteiger partial charge in [-0.15, -0.1) is 0 Å². The molecule has 1 aromatic carbocycles. The van der Waals surface area contributed by atoms with E-state index in [0.717, 1.165) is 23.7 Å². The van der Waals surface area contributed by atoms with Crippen LogP contribution in [0.25, 0.3) is 0 Å². The molecule has 0 fully saturated rings. The molecule has 0 amide bonds. The summed E-state index contributed by atoms with van der Waals surface area (Å²) in [6, 6.07) is 10.7. The SMILES string of the molecule is NC(CCc1ccsc1)Cc1ccccc1Br. The van der Waals surface area contributed by atoms with Crippen LogP contribution >= 0.6 is 27.3 Å². The first-order valence-corrected chi connectivity index (χ1v) is 7.49. The fourth-order valence-electron chi connectivity index (χ4n) is 1.84. The van der Waals surface area contributed by atoms with Gasteiger partial charge in [0.1, 0.15) is 0 Å². The molecule has 1 heterocycles. The molecule has 0 spiro atoms. The van der Waals surface area contributed by atoms with Crippen LogP contribution in [0.5, 0.6) is 0 Å². The first-order valence-electron chi connectivity index (χ1n) is 5.76. The molecule has 90 valence electrons. The highest BCUT2D eigenvalue weighted by molar-refractivity contribution is 9.10.